The largest absolute Gasteiger partial charge is 0.493 e. The molecule has 0 bridgehead atoms. The van der Waals surface area contributed by atoms with Gasteiger partial charge in [-0.05, 0) is 67.5 Å². The number of ether oxygens (including phenoxy) is 1. The third-order valence-electron chi connectivity index (χ3n) is 6.42. The van der Waals surface area contributed by atoms with Crippen LogP contribution in [0.25, 0.3) is 11.0 Å². The lowest BCUT2D eigenvalue weighted by Gasteiger charge is -2.28. The predicted molar refractivity (Wildman–Crippen MR) is 126 cm³/mol. The topological polar surface area (TPSA) is 39.4 Å². The van der Waals surface area contributed by atoms with Gasteiger partial charge in [0.2, 0.25) is 0 Å². The normalized spacial score (nSPS) is 18.7. The average molecular weight is 477 g/mol. The number of benzene rings is 2. The lowest BCUT2D eigenvalue weighted by molar-refractivity contribution is 0.0942. The highest BCUT2D eigenvalue weighted by molar-refractivity contribution is 6.31. The summed E-state index contributed by atoms with van der Waals surface area (Å²) < 4.78 is 24.8. The summed E-state index contributed by atoms with van der Waals surface area (Å²) >= 11 is 11.7. The SMILES string of the molecule is O=C(CCC1CCC(CCCOc2ccc(Cl)c(F)c2)CC1)c1cc2cc(Cl)ccc2o1. The molecule has 1 aliphatic carbocycles. The Morgan fingerprint density at radius 2 is 1.75 bits per heavy atom. The molecule has 0 amide bonds. The summed E-state index contributed by atoms with van der Waals surface area (Å²) in [4.78, 5) is 12.6. The number of carbonyl (C=O) groups excluding carboxylic acids is 1. The second-order valence-corrected chi connectivity index (χ2v) is 9.55. The molecular formula is C26H27Cl2FO3. The fourth-order valence-electron chi connectivity index (χ4n) is 4.55. The molecule has 0 atom stereocenters. The molecule has 4 rings (SSSR count). The Bertz CT molecular complexity index is 1070. The minimum atomic E-state index is -0.453. The van der Waals surface area contributed by atoms with Crippen molar-refractivity contribution in [3.63, 3.8) is 0 Å². The van der Waals surface area contributed by atoms with E-state index in [2.05, 4.69) is 0 Å². The summed E-state index contributed by atoms with van der Waals surface area (Å²) in [6.07, 6.45) is 8.21. The summed E-state index contributed by atoms with van der Waals surface area (Å²) in [5, 5.41) is 1.62. The first kappa shape index (κ1) is 23.1. The van der Waals surface area contributed by atoms with Gasteiger partial charge in [-0.1, -0.05) is 48.9 Å². The fourth-order valence-corrected chi connectivity index (χ4v) is 4.85. The van der Waals surface area contributed by atoms with Crippen LogP contribution in [0.15, 0.2) is 46.9 Å². The highest BCUT2D eigenvalue weighted by atomic mass is 35.5. The molecule has 32 heavy (non-hydrogen) atoms. The van der Waals surface area contributed by atoms with Crippen molar-refractivity contribution in [2.75, 3.05) is 6.61 Å². The molecule has 0 spiro atoms. The maximum absolute atomic E-state index is 13.4. The van der Waals surface area contributed by atoms with Gasteiger partial charge in [0.1, 0.15) is 17.1 Å². The number of carbonyl (C=O) groups is 1. The standard InChI is InChI=1S/C26H27Cl2FO3/c27-20-8-12-25-19(14-20)15-26(32-25)24(30)11-7-18-5-3-17(4-6-18)2-1-13-31-21-9-10-22(28)23(29)16-21/h8-10,12,14-18H,1-7,11,13H2. The molecule has 2 aromatic carbocycles. The Labute approximate surface area is 197 Å². The third kappa shape index (κ3) is 6.05. The van der Waals surface area contributed by atoms with Crippen LogP contribution >= 0.6 is 23.2 Å². The molecule has 0 unspecified atom stereocenters. The first-order valence-electron chi connectivity index (χ1n) is 11.3. The molecule has 1 fully saturated rings. The van der Waals surface area contributed by atoms with Gasteiger partial charge in [0, 0.05) is 22.9 Å². The predicted octanol–water partition coefficient (Wildman–Crippen LogP) is 8.51. The van der Waals surface area contributed by atoms with Crippen LogP contribution in [0.1, 0.15) is 61.9 Å². The molecule has 6 heteroatoms. The second kappa shape index (κ2) is 10.7. The van der Waals surface area contributed by atoms with E-state index >= 15 is 0 Å². The lowest BCUT2D eigenvalue weighted by atomic mass is 9.78. The van der Waals surface area contributed by atoms with Crippen LogP contribution in [0, 0.1) is 17.7 Å². The number of ketones is 1. The van der Waals surface area contributed by atoms with Gasteiger partial charge in [-0.2, -0.15) is 0 Å². The first-order chi connectivity index (χ1) is 15.5. The molecule has 0 radical (unpaired) electrons. The van der Waals surface area contributed by atoms with Gasteiger partial charge in [0.15, 0.2) is 11.5 Å². The van der Waals surface area contributed by atoms with E-state index in [-0.39, 0.29) is 10.8 Å². The van der Waals surface area contributed by atoms with Gasteiger partial charge in [0.25, 0.3) is 0 Å². The maximum Gasteiger partial charge on any atom is 0.198 e. The zero-order valence-corrected chi connectivity index (χ0v) is 19.4. The molecule has 0 N–H and O–H groups in total. The minimum absolute atomic E-state index is 0.0650. The Balaban J connectivity index is 1.14. The van der Waals surface area contributed by atoms with Crippen molar-refractivity contribution in [2.45, 2.75) is 51.4 Å². The summed E-state index contributed by atoms with van der Waals surface area (Å²) in [7, 11) is 0. The lowest BCUT2D eigenvalue weighted by Crippen LogP contribution is -2.16. The van der Waals surface area contributed by atoms with Crippen LogP contribution in [0.4, 0.5) is 4.39 Å². The Hall–Kier alpha value is -2.04. The van der Waals surface area contributed by atoms with Gasteiger partial charge in [0.05, 0.1) is 11.6 Å². The molecule has 3 aromatic rings. The van der Waals surface area contributed by atoms with E-state index in [1.807, 2.05) is 6.07 Å². The van der Waals surface area contributed by atoms with Gasteiger partial charge >= 0.3 is 0 Å². The van der Waals surface area contributed by atoms with Crippen LogP contribution in [0.3, 0.4) is 0 Å². The number of halogens is 3. The summed E-state index contributed by atoms with van der Waals surface area (Å²) in [5.74, 6) is 1.86. The quantitative estimate of drug-likeness (QED) is 0.229. The van der Waals surface area contributed by atoms with Gasteiger partial charge in [-0.3, -0.25) is 4.79 Å². The first-order valence-corrected chi connectivity index (χ1v) is 12.0. The zero-order valence-electron chi connectivity index (χ0n) is 17.9. The van der Waals surface area contributed by atoms with E-state index in [0.29, 0.717) is 47.0 Å². The highest BCUT2D eigenvalue weighted by Gasteiger charge is 2.22. The van der Waals surface area contributed by atoms with E-state index < -0.39 is 5.82 Å². The van der Waals surface area contributed by atoms with Gasteiger partial charge < -0.3 is 9.15 Å². The van der Waals surface area contributed by atoms with Crippen molar-refractivity contribution < 1.29 is 18.3 Å². The zero-order chi connectivity index (χ0) is 22.5. The number of hydrogen-bond donors (Lipinski definition) is 0. The van der Waals surface area contributed by atoms with Crippen molar-refractivity contribution in [1.29, 1.82) is 0 Å². The van der Waals surface area contributed by atoms with Crippen molar-refractivity contribution in [1.82, 2.24) is 0 Å². The molecule has 170 valence electrons. The summed E-state index contributed by atoms with van der Waals surface area (Å²) in [5.41, 5.74) is 0.698. The fraction of sp³-hybridized carbons (Fsp3) is 0.423. The molecular weight excluding hydrogens is 450 g/mol. The van der Waals surface area contributed by atoms with Gasteiger partial charge in [-0.15, -0.1) is 0 Å². The molecule has 1 aliphatic rings. The van der Waals surface area contributed by atoms with E-state index in [0.717, 1.165) is 37.5 Å². The van der Waals surface area contributed by atoms with Crippen molar-refractivity contribution in [3.8, 4) is 5.75 Å². The molecule has 3 nitrogen and oxygen atoms in total. The van der Waals surface area contributed by atoms with Crippen LogP contribution in [0.2, 0.25) is 10.0 Å². The van der Waals surface area contributed by atoms with Crippen LogP contribution in [-0.2, 0) is 0 Å². The van der Waals surface area contributed by atoms with Crippen LogP contribution in [0.5, 0.6) is 5.75 Å². The Kier molecular flexibility index (Phi) is 7.75. The van der Waals surface area contributed by atoms with E-state index in [9.17, 15) is 9.18 Å². The van der Waals surface area contributed by atoms with E-state index in [1.165, 1.54) is 25.0 Å². The maximum atomic E-state index is 13.4. The Morgan fingerprint density at radius 3 is 2.50 bits per heavy atom. The van der Waals surface area contributed by atoms with E-state index in [1.54, 1.807) is 24.3 Å². The smallest absolute Gasteiger partial charge is 0.198 e. The Morgan fingerprint density at radius 1 is 1.00 bits per heavy atom. The van der Waals surface area contributed by atoms with Crippen LogP contribution in [-0.4, -0.2) is 12.4 Å². The average Bonchev–Trinajstić information content (AvgIpc) is 3.21. The van der Waals surface area contributed by atoms with Crippen molar-refractivity contribution >= 4 is 40.0 Å². The van der Waals surface area contributed by atoms with Crippen LogP contribution < -0.4 is 4.74 Å². The summed E-state index contributed by atoms with van der Waals surface area (Å²) in [6.45, 7) is 0.582. The monoisotopic (exact) mass is 476 g/mol. The number of Topliss-reactive ketones (excluding diaryl/α,β-unsaturated/α-hetero) is 1. The summed E-state index contributed by atoms with van der Waals surface area (Å²) in [6, 6.07) is 11.7. The van der Waals surface area contributed by atoms with Crippen molar-refractivity contribution in [2.24, 2.45) is 11.8 Å². The van der Waals surface area contributed by atoms with E-state index in [4.69, 9.17) is 32.4 Å². The van der Waals surface area contributed by atoms with Crippen molar-refractivity contribution in [3.05, 3.63) is 64.1 Å². The number of fused-ring (bicyclic) bond motifs is 1. The number of hydrogen-bond acceptors (Lipinski definition) is 3. The molecule has 1 aromatic heterocycles. The molecule has 0 saturated heterocycles. The highest BCUT2D eigenvalue weighted by Crippen LogP contribution is 2.34. The van der Waals surface area contributed by atoms with Gasteiger partial charge in [-0.25, -0.2) is 4.39 Å². The minimum Gasteiger partial charge on any atom is -0.493 e. The molecule has 0 aliphatic heterocycles. The second-order valence-electron chi connectivity index (χ2n) is 8.71. The molecule has 1 heterocycles. The third-order valence-corrected chi connectivity index (χ3v) is 6.96. The number of furan rings is 1. The molecule has 1 saturated carbocycles. The number of rotatable bonds is 9.